The van der Waals surface area contributed by atoms with Gasteiger partial charge in [-0.25, -0.2) is 4.79 Å². The molecule has 0 fully saturated rings. The van der Waals surface area contributed by atoms with Gasteiger partial charge in [-0.15, -0.1) is 0 Å². The van der Waals surface area contributed by atoms with Crippen LogP contribution in [-0.4, -0.2) is 141 Å². The number of ether oxygens (including phenoxy) is 4. The van der Waals surface area contributed by atoms with Gasteiger partial charge in [0, 0.05) is 57.2 Å². The molecule has 3 unspecified atom stereocenters. The van der Waals surface area contributed by atoms with Crippen molar-refractivity contribution in [2.45, 2.75) is 181 Å². The molecule has 0 saturated carbocycles. The maximum atomic E-state index is 12.6. The number of amides is 4. The molecule has 0 rings (SSSR count). The summed E-state index contributed by atoms with van der Waals surface area (Å²) in [7, 11) is 0. The second-order valence-corrected chi connectivity index (χ2v) is 18.0. The summed E-state index contributed by atoms with van der Waals surface area (Å²) in [5.74, 6) is -4.16. The molecule has 4 amide bonds. The van der Waals surface area contributed by atoms with E-state index in [-0.39, 0.29) is 127 Å². The van der Waals surface area contributed by atoms with Crippen molar-refractivity contribution in [1.29, 1.82) is 0 Å². The predicted molar refractivity (Wildman–Crippen MR) is 258 cm³/mol. The van der Waals surface area contributed by atoms with Crippen LogP contribution in [-0.2, 0) is 57.3 Å². The number of nitrogens with one attached hydrogen (secondary N) is 4. The number of rotatable bonds is 48. The van der Waals surface area contributed by atoms with Gasteiger partial charge in [0.25, 0.3) is 0 Å². The number of Topliss-reactive ketones (excluding diaryl/α,β-unsaturated/α-hetero) is 2. The Kier molecular flexibility index (Phi) is 39.4. The van der Waals surface area contributed by atoms with Crippen molar-refractivity contribution in [1.82, 2.24) is 21.3 Å². The molecule has 68 heavy (non-hydrogen) atoms. The number of hydrogen-bond acceptors (Lipinski definition) is 13. The summed E-state index contributed by atoms with van der Waals surface area (Å²) in [5.41, 5.74) is 4.96. The molecule has 0 aliphatic carbocycles. The van der Waals surface area contributed by atoms with Crippen LogP contribution in [0.15, 0.2) is 0 Å². The van der Waals surface area contributed by atoms with Crippen molar-refractivity contribution in [2.75, 3.05) is 72.5 Å². The number of carbonyl (C=O) groups is 8. The monoisotopic (exact) mass is 972 g/mol. The molecule has 0 aromatic rings. The Bertz CT molecular complexity index is 1430. The number of carboxylic acid groups (broad SMARTS) is 2. The Morgan fingerprint density at radius 2 is 0.956 bits per heavy atom. The van der Waals surface area contributed by atoms with Gasteiger partial charge in [0.1, 0.15) is 25.0 Å². The Morgan fingerprint density at radius 1 is 0.515 bits per heavy atom. The molecule has 0 aliphatic rings. The highest BCUT2D eigenvalue weighted by molar-refractivity contribution is 5.94. The minimum Gasteiger partial charge on any atom is -0.481 e. The van der Waals surface area contributed by atoms with Gasteiger partial charge in [-0.05, 0) is 46.0 Å². The van der Waals surface area contributed by atoms with Gasteiger partial charge < -0.3 is 56.2 Å². The fourth-order valence-electron chi connectivity index (χ4n) is 7.41. The molecule has 0 bridgehead atoms. The molecule has 0 saturated heterocycles. The van der Waals surface area contributed by atoms with E-state index in [4.69, 9.17) is 29.8 Å². The standard InChI is InChI=1S/C49H89N5O14/c1-5-41(55)39(38(2)47(62)49(3,4)50)22-20-21-27-51-44(58)36-67-34-33-66-31-29-53-45(59)37-68-35-32-65-30-28-52-42(56)26-25-40(48(63)64)54-43(57)23-18-16-14-12-10-8-6-7-9-11-13-15-17-19-24-46(60)61/h38-40H,5-37,50H2,1-4H3,(H,51,58)(H,52,56)(H,53,59)(H,54,57)(H,60,61)(H,63,64). The van der Waals surface area contributed by atoms with E-state index >= 15 is 0 Å². The van der Waals surface area contributed by atoms with Crippen LogP contribution in [0.3, 0.4) is 0 Å². The number of ketones is 2. The van der Waals surface area contributed by atoms with Crippen LogP contribution in [0.2, 0.25) is 0 Å². The van der Waals surface area contributed by atoms with E-state index in [1.807, 2.05) is 0 Å². The molecule has 19 nitrogen and oxygen atoms in total. The fraction of sp³-hybridized carbons (Fsp3) is 0.837. The molecule has 19 heteroatoms. The van der Waals surface area contributed by atoms with Crippen LogP contribution >= 0.6 is 0 Å². The zero-order valence-electron chi connectivity index (χ0n) is 41.9. The smallest absolute Gasteiger partial charge is 0.326 e. The lowest BCUT2D eigenvalue weighted by atomic mass is 9.77. The molecule has 0 aromatic carbocycles. The van der Waals surface area contributed by atoms with Gasteiger partial charge in [-0.3, -0.25) is 33.6 Å². The lowest BCUT2D eigenvalue weighted by Gasteiger charge is -2.27. The van der Waals surface area contributed by atoms with Gasteiger partial charge >= 0.3 is 11.9 Å². The second kappa shape index (κ2) is 41.9. The van der Waals surface area contributed by atoms with E-state index in [2.05, 4.69) is 21.3 Å². The highest BCUT2D eigenvalue weighted by Crippen LogP contribution is 2.25. The number of nitrogens with two attached hydrogens (primary N) is 1. The van der Waals surface area contributed by atoms with Crippen LogP contribution in [0, 0.1) is 11.8 Å². The summed E-state index contributed by atoms with van der Waals surface area (Å²) >= 11 is 0. The lowest BCUT2D eigenvalue weighted by molar-refractivity contribution is -0.142. The first kappa shape index (κ1) is 64.0. The average Bonchev–Trinajstić information content (AvgIpc) is 3.29. The predicted octanol–water partition coefficient (Wildman–Crippen LogP) is 4.79. The maximum Gasteiger partial charge on any atom is 0.326 e. The Morgan fingerprint density at radius 3 is 1.41 bits per heavy atom. The summed E-state index contributed by atoms with van der Waals surface area (Å²) in [4.78, 5) is 95.9. The van der Waals surface area contributed by atoms with Gasteiger partial charge in [-0.1, -0.05) is 97.3 Å². The summed E-state index contributed by atoms with van der Waals surface area (Å²) in [5, 5.41) is 28.8. The molecular weight excluding hydrogens is 883 g/mol. The third-order valence-corrected chi connectivity index (χ3v) is 11.4. The quantitative estimate of drug-likeness (QED) is 0.0404. The maximum absolute atomic E-state index is 12.6. The Balaban J connectivity index is 3.77. The summed E-state index contributed by atoms with van der Waals surface area (Å²) in [6.07, 6.45) is 17.6. The van der Waals surface area contributed by atoms with Crippen LogP contribution in [0.4, 0.5) is 0 Å². The van der Waals surface area contributed by atoms with E-state index in [0.29, 0.717) is 38.6 Å². The van der Waals surface area contributed by atoms with Gasteiger partial charge in [0.2, 0.25) is 23.6 Å². The van der Waals surface area contributed by atoms with Crippen LogP contribution < -0.4 is 27.0 Å². The average molecular weight is 972 g/mol. The second-order valence-electron chi connectivity index (χ2n) is 18.0. The topological polar surface area (TPSA) is 288 Å². The SMILES string of the molecule is CCC(=O)C(CCCCNC(=O)COCCOCCNC(=O)COCCOCCNC(=O)CCC(NC(=O)CCCCCCCCCCCCCCCCC(=O)O)C(=O)O)C(C)C(=O)C(C)(C)N. The van der Waals surface area contributed by atoms with Crippen LogP contribution in [0.25, 0.3) is 0 Å². The van der Waals surface area contributed by atoms with Crippen molar-refractivity contribution in [3.8, 4) is 0 Å². The first-order valence-corrected chi connectivity index (χ1v) is 25.2. The van der Waals surface area contributed by atoms with E-state index in [1.54, 1.807) is 27.7 Å². The third kappa shape index (κ3) is 37.9. The Labute approximate surface area is 405 Å². The summed E-state index contributed by atoms with van der Waals surface area (Å²) in [6.45, 7) is 8.60. The largest absolute Gasteiger partial charge is 0.481 e. The van der Waals surface area contributed by atoms with Gasteiger partial charge in [0.05, 0.1) is 45.2 Å². The minimum absolute atomic E-state index is 0.0339. The van der Waals surface area contributed by atoms with E-state index in [0.717, 1.165) is 44.9 Å². The number of unbranched alkanes of at least 4 members (excludes halogenated alkanes) is 14. The van der Waals surface area contributed by atoms with Crippen LogP contribution in [0.5, 0.6) is 0 Å². The van der Waals surface area contributed by atoms with Crippen molar-refractivity contribution >= 4 is 47.1 Å². The van der Waals surface area contributed by atoms with Crippen molar-refractivity contribution in [3.63, 3.8) is 0 Å². The van der Waals surface area contributed by atoms with Crippen LogP contribution in [0.1, 0.15) is 169 Å². The molecule has 0 aromatic heterocycles. The van der Waals surface area contributed by atoms with Gasteiger partial charge in [0.15, 0.2) is 5.78 Å². The molecule has 0 spiro atoms. The third-order valence-electron chi connectivity index (χ3n) is 11.4. The van der Waals surface area contributed by atoms with E-state index < -0.39 is 35.4 Å². The first-order chi connectivity index (χ1) is 32.5. The Hall–Kier alpha value is -4.04. The van der Waals surface area contributed by atoms with Crippen molar-refractivity contribution < 1.29 is 67.5 Å². The molecule has 3 atom stereocenters. The number of carbonyl (C=O) groups excluding carboxylic acids is 6. The highest BCUT2D eigenvalue weighted by atomic mass is 16.5. The van der Waals surface area contributed by atoms with Gasteiger partial charge in [-0.2, -0.15) is 0 Å². The molecule has 0 aliphatic heterocycles. The fourth-order valence-corrected chi connectivity index (χ4v) is 7.41. The first-order valence-electron chi connectivity index (χ1n) is 25.2. The molecule has 394 valence electrons. The highest BCUT2D eigenvalue weighted by Gasteiger charge is 2.35. The zero-order chi connectivity index (χ0) is 50.8. The normalized spacial score (nSPS) is 12.7. The summed E-state index contributed by atoms with van der Waals surface area (Å²) < 4.78 is 21.4. The lowest BCUT2D eigenvalue weighted by Crippen LogP contribution is -2.47. The van der Waals surface area contributed by atoms with E-state index in [1.165, 1.54) is 38.5 Å². The zero-order valence-corrected chi connectivity index (χ0v) is 41.9. The number of hydrogen-bond donors (Lipinski definition) is 7. The number of aliphatic carboxylic acids is 2. The molecule has 0 heterocycles. The molecule has 8 N–H and O–H groups in total. The summed E-state index contributed by atoms with van der Waals surface area (Å²) in [6, 6.07) is -1.15. The minimum atomic E-state index is -1.19. The van der Waals surface area contributed by atoms with Crippen molar-refractivity contribution in [3.05, 3.63) is 0 Å². The molecule has 0 radical (unpaired) electrons. The molecular formula is C49H89N5O14. The number of carboxylic acids is 2. The van der Waals surface area contributed by atoms with E-state index in [9.17, 15) is 43.5 Å². The van der Waals surface area contributed by atoms with Crippen molar-refractivity contribution in [2.24, 2.45) is 17.6 Å².